The number of likely N-dealkylation sites (N-methyl/N-ethyl adjacent to an activating group) is 1. The van der Waals surface area contributed by atoms with Gasteiger partial charge < -0.3 is 10.6 Å². The lowest BCUT2D eigenvalue weighted by molar-refractivity contribution is -0.122. The van der Waals surface area contributed by atoms with Crippen LogP contribution in [0, 0.1) is 5.92 Å². The van der Waals surface area contributed by atoms with Crippen molar-refractivity contribution in [1.82, 2.24) is 15.5 Å². The van der Waals surface area contributed by atoms with Gasteiger partial charge in [-0.25, -0.2) is 0 Å². The molecule has 4 heteroatoms. The fourth-order valence-electron chi connectivity index (χ4n) is 2.86. The Morgan fingerprint density at radius 1 is 1.29 bits per heavy atom. The van der Waals surface area contributed by atoms with E-state index in [1.165, 1.54) is 18.4 Å². The van der Waals surface area contributed by atoms with Gasteiger partial charge in [-0.1, -0.05) is 30.3 Å². The Kier molecular flexibility index (Phi) is 6.70. The van der Waals surface area contributed by atoms with E-state index in [1.807, 2.05) is 25.2 Å². The molecule has 1 heterocycles. The quantitative estimate of drug-likeness (QED) is 0.795. The van der Waals surface area contributed by atoms with Crippen molar-refractivity contribution >= 4 is 5.91 Å². The van der Waals surface area contributed by atoms with E-state index >= 15 is 0 Å². The van der Waals surface area contributed by atoms with Crippen molar-refractivity contribution in [2.75, 3.05) is 39.8 Å². The molecule has 2 rings (SSSR count). The van der Waals surface area contributed by atoms with Crippen LogP contribution in [0.25, 0.3) is 0 Å². The van der Waals surface area contributed by atoms with Crippen molar-refractivity contribution in [3.63, 3.8) is 0 Å². The first-order valence-corrected chi connectivity index (χ1v) is 7.94. The topological polar surface area (TPSA) is 44.4 Å². The molecule has 1 aromatic carbocycles. The first kappa shape index (κ1) is 16.0. The van der Waals surface area contributed by atoms with Crippen LogP contribution in [0.3, 0.4) is 0 Å². The predicted molar refractivity (Wildman–Crippen MR) is 86.2 cm³/mol. The van der Waals surface area contributed by atoms with Crippen molar-refractivity contribution in [2.45, 2.75) is 19.3 Å². The van der Waals surface area contributed by atoms with E-state index in [0.717, 1.165) is 32.0 Å². The molecule has 2 N–H and O–H groups in total. The molecule has 1 aliphatic rings. The number of hydrogen-bond acceptors (Lipinski definition) is 3. The Morgan fingerprint density at radius 2 is 2.00 bits per heavy atom. The minimum absolute atomic E-state index is 0.127. The Bertz CT molecular complexity index is 415. The van der Waals surface area contributed by atoms with E-state index < -0.39 is 0 Å². The monoisotopic (exact) mass is 289 g/mol. The number of rotatable bonds is 7. The summed E-state index contributed by atoms with van der Waals surface area (Å²) in [6, 6.07) is 10.3. The maximum atomic E-state index is 11.9. The molecule has 0 aliphatic carbocycles. The molecule has 1 aromatic rings. The van der Waals surface area contributed by atoms with Crippen molar-refractivity contribution < 1.29 is 4.79 Å². The number of hydrogen-bond donors (Lipinski definition) is 2. The first-order chi connectivity index (χ1) is 10.2. The average molecular weight is 289 g/mol. The molecule has 116 valence electrons. The smallest absolute Gasteiger partial charge is 0.234 e. The van der Waals surface area contributed by atoms with Gasteiger partial charge in [0.25, 0.3) is 0 Å². The van der Waals surface area contributed by atoms with Crippen LogP contribution >= 0.6 is 0 Å². The van der Waals surface area contributed by atoms with Crippen LogP contribution in [-0.2, 0) is 11.2 Å². The highest BCUT2D eigenvalue weighted by atomic mass is 16.2. The van der Waals surface area contributed by atoms with E-state index in [4.69, 9.17) is 0 Å². The van der Waals surface area contributed by atoms with Gasteiger partial charge in [-0.15, -0.1) is 0 Å². The van der Waals surface area contributed by atoms with Crippen LogP contribution in [0.15, 0.2) is 30.3 Å². The van der Waals surface area contributed by atoms with Gasteiger partial charge in [-0.3, -0.25) is 9.69 Å². The summed E-state index contributed by atoms with van der Waals surface area (Å²) in [5.74, 6) is 0.857. The molecule has 1 saturated heterocycles. The Hall–Kier alpha value is -1.39. The third-order valence-electron chi connectivity index (χ3n) is 4.02. The molecule has 0 saturated carbocycles. The molecule has 4 nitrogen and oxygen atoms in total. The van der Waals surface area contributed by atoms with E-state index in [0.29, 0.717) is 13.1 Å². The molecule has 1 fully saturated rings. The Labute approximate surface area is 127 Å². The van der Waals surface area contributed by atoms with Gasteiger partial charge >= 0.3 is 0 Å². The van der Waals surface area contributed by atoms with E-state index in [1.54, 1.807) is 0 Å². The van der Waals surface area contributed by atoms with Crippen molar-refractivity contribution in [3.05, 3.63) is 35.9 Å². The van der Waals surface area contributed by atoms with Crippen LogP contribution < -0.4 is 10.6 Å². The second-order valence-corrected chi connectivity index (χ2v) is 5.98. The Balaban J connectivity index is 1.60. The third kappa shape index (κ3) is 6.27. The lowest BCUT2D eigenvalue weighted by Crippen LogP contribution is -2.40. The van der Waals surface area contributed by atoms with Crippen LogP contribution in [-0.4, -0.2) is 50.6 Å². The molecular weight excluding hydrogens is 262 g/mol. The van der Waals surface area contributed by atoms with Gasteiger partial charge in [0, 0.05) is 13.1 Å². The maximum Gasteiger partial charge on any atom is 0.234 e. The summed E-state index contributed by atoms with van der Waals surface area (Å²) in [5, 5.41) is 6.38. The highest BCUT2D eigenvalue weighted by Crippen LogP contribution is 2.12. The molecule has 0 atom stereocenters. The molecule has 0 spiro atoms. The zero-order chi connectivity index (χ0) is 14.9. The van der Waals surface area contributed by atoms with Crippen LogP contribution in [0.1, 0.15) is 18.4 Å². The second kappa shape index (κ2) is 8.80. The number of amides is 1. The lowest BCUT2D eigenvalue weighted by Gasteiger charge is -2.27. The highest BCUT2D eigenvalue weighted by molar-refractivity contribution is 5.77. The van der Waals surface area contributed by atoms with Crippen LogP contribution in [0.2, 0.25) is 0 Å². The number of carbonyl (C=O) groups excluding carboxylic acids is 1. The summed E-state index contributed by atoms with van der Waals surface area (Å²) in [5.41, 5.74) is 1.26. The van der Waals surface area contributed by atoms with Crippen molar-refractivity contribution in [2.24, 2.45) is 5.92 Å². The molecule has 21 heavy (non-hydrogen) atoms. The fraction of sp³-hybridized carbons (Fsp3) is 0.588. The lowest BCUT2D eigenvalue weighted by atomic mass is 9.98. The van der Waals surface area contributed by atoms with Crippen molar-refractivity contribution in [1.29, 1.82) is 0 Å². The van der Waals surface area contributed by atoms with Crippen molar-refractivity contribution in [3.8, 4) is 0 Å². The zero-order valence-electron chi connectivity index (χ0n) is 13.0. The number of benzene rings is 1. The normalized spacial score (nSPS) is 16.1. The molecule has 1 amide bonds. The molecule has 0 unspecified atom stereocenters. The summed E-state index contributed by atoms with van der Waals surface area (Å²) in [4.78, 5) is 14.1. The standard InChI is InChI=1S/C17H27N3O/c1-20(13-16-7-10-18-11-8-16)14-17(21)19-12-9-15-5-3-2-4-6-15/h2-6,16,18H,7-14H2,1H3,(H,19,21). The van der Waals surface area contributed by atoms with E-state index in [-0.39, 0.29) is 5.91 Å². The predicted octanol–water partition coefficient (Wildman–Crippen LogP) is 1.28. The van der Waals surface area contributed by atoms with Gasteiger partial charge in [0.05, 0.1) is 6.54 Å². The SMILES string of the molecule is CN(CC(=O)NCCc1ccccc1)CC1CCNCC1. The number of carbonyl (C=O) groups is 1. The summed E-state index contributed by atoms with van der Waals surface area (Å²) < 4.78 is 0. The third-order valence-corrected chi connectivity index (χ3v) is 4.02. The molecule has 0 bridgehead atoms. The zero-order valence-corrected chi connectivity index (χ0v) is 13.0. The molecule has 0 radical (unpaired) electrons. The summed E-state index contributed by atoms with van der Waals surface area (Å²) >= 11 is 0. The maximum absolute atomic E-state index is 11.9. The van der Waals surface area contributed by atoms with Gasteiger partial charge in [-0.2, -0.15) is 0 Å². The van der Waals surface area contributed by atoms with Gasteiger partial charge in [0.15, 0.2) is 0 Å². The molecule has 0 aromatic heterocycles. The molecular formula is C17H27N3O. The second-order valence-electron chi connectivity index (χ2n) is 5.98. The van der Waals surface area contributed by atoms with Gasteiger partial charge in [0.2, 0.25) is 5.91 Å². The van der Waals surface area contributed by atoms with E-state index in [9.17, 15) is 4.79 Å². The Morgan fingerprint density at radius 3 is 2.71 bits per heavy atom. The first-order valence-electron chi connectivity index (χ1n) is 7.94. The van der Waals surface area contributed by atoms with Crippen LogP contribution in [0.5, 0.6) is 0 Å². The largest absolute Gasteiger partial charge is 0.355 e. The minimum atomic E-state index is 0.127. The average Bonchev–Trinajstić information content (AvgIpc) is 2.49. The minimum Gasteiger partial charge on any atom is -0.355 e. The summed E-state index contributed by atoms with van der Waals surface area (Å²) in [7, 11) is 2.04. The number of nitrogens with one attached hydrogen (secondary N) is 2. The fourth-order valence-corrected chi connectivity index (χ4v) is 2.86. The summed E-state index contributed by atoms with van der Waals surface area (Å²) in [6.07, 6.45) is 3.34. The van der Waals surface area contributed by atoms with E-state index in [2.05, 4.69) is 27.7 Å². The van der Waals surface area contributed by atoms with Gasteiger partial charge in [-0.05, 0) is 50.9 Å². The van der Waals surface area contributed by atoms with Gasteiger partial charge in [0.1, 0.15) is 0 Å². The summed E-state index contributed by atoms with van der Waals surface area (Å²) in [6.45, 7) is 4.46. The highest BCUT2D eigenvalue weighted by Gasteiger charge is 2.16. The van der Waals surface area contributed by atoms with Crippen LogP contribution in [0.4, 0.5) is 0 Å². The molecule has 1 aliphatic heterocycles. The number of nitrogens with zero attached hydrogens (tertiary/aromatic N) is 1. The number of piperidine rings is 1.